The SMILES string of the molecule is N#Cc1cccc(CS(=O)(=O)c2cccc(Cl)c2)c1. The Kier molecular flexibility index (Phi) is 3.89. The molecule has 0 N–H and O–H groups in total. The molecule has 0 heterocycles. The van der Waals surface area contributed by atoms with Gasteiger partial charge >= 0.3 is 0 Å². The zero-order valence-electron chi connectivity index (χ0n) is 9.88. The van der Waals surface area contributed by atoms with Gasteiger partial charge in [0, 0.05) is 5.02 Å². The highest BCUT2D eigenvalue weighted by Crippen LogP contribution is 2.20. The van der Waals surface area contributed by atoms with Crippen molar-refractivity contribution in [1.29, 1.82) is 5.26 Å². The minimum absolute atomic E-state index is 0.150. The first-order valence-corrected chi connectivity index (χ1v) is 7.52. The van der Waals surface area contributed by atoms with Gasteiger partial charge in [0.2, 0.25) is 0 Å². The summed E-state index contributed by atoms with van der Waals surface area (Å²) < 4.78 is 24.4. The molecule has 19 heavy (non-hydrogen) atoms. The molecular weight excluding hydrogens is 282 g/mol. The van der Waals surface area contributed by atoms with Crippen LogP contribution < -0.4 is 0 Å². The predicted molar refractivity (Wildman–Crippen MR) is 73.5 cm³/mol. The van der Waals surface area contributed by atoms with Crippen LogP contribution in [0.4, 0.5) is 0 Å². The van der Waals surface area contributed by atoms with Crippen LogP contribution in [0.1, 0.15) is 11.1 Å². The van der Waals surface area contributed by atoms with Gasteiger partial charge in [-0.25, -0.2) is 8.42 Å². The third kappa shape index (κ3) is 3.34. The predicted octanol–water partition coefficient (Wildman–Crippen LogP) is 3.19. The van der Waals surface area contributed by atoms with Gasteiger partial charge in [-0.05, 0) is 35.9 Å². The lowest BCUT2D eigenvalue weighted by molar-refractivity contribution is 0.595. The fourth-order valence-corrected chi connectivity index (χ4v) is 3.33. The van der Waals surface area contributed by atoms with E-state index in [0.29, 0.717) is 16.1 Å². The van der Waals surface area contributed by atoms with E-state index in [1.807, 2.05) is 6.07 Å². The number of benzene rings is 2. The largest absolute Gasteiger partial charge is 0.223 e. The van der Waals surface area contributed by atoms with Crippen molar-refractivity contribution in [3.63, 3.8) is 0 Å². The van der Waals surface area contributed by atoms with Crippen LogP contribution in [-0.4, -0.2) is 8.42 Å². The Morgan fingerprint density at radius 3 is 2.53 bits per heavy atom. The molecule has 0 aliphatic heterocycles. The van der Waals surface area contributed by atoms with Crippen molar-refractivity contribution in [1.82, 2.24) is 0 Å². The maximum absolute atomic E-state index is 12.2. The van der Waals surface area contributed by atoms with Crippen molar-refractivity contribution in [2.45, 2.75) is 10.6 Å². The molecule has 0 aliphatic carbocycles. The molecule has 0 radical (unpaired) electrons. The van der Waals surface area contributed by atoms with Crippen molar-refractivity contribution < 1.29 is 8.42 Å². The van der Waals surface area contributed by atoms with E-state index in [1.54, 1.807) is 36.4 Å². The zero-order chi connectivity index (χ0) is 13.9. The Hall–Kier alpha value is -1.83. The highest BCUT2D eigenvalue weighted by atomic mass is 35.5. The first-order chi connectivity index (χ1) is 9.01. The molecule has 0 fully saturated rings. The van der Waals surface area contributed by atoms with Gasteiger partial charge in [-0.15, -0.1) is 0 Å². The average Bonchev–Trinajstić information content (AvgIpc) is 2.38. The van der Waals surface area contributed by atoms with E-state index in [0.717, 1.165) is 0 Å². The molecule has 0 saturated carbocycles. The molecule has 0 spiro atoms. The van der Waals surface area contributed by atoms with Crippen LogP contribution in [0.3, 0.4) is 0 Å². The number of nitrogens with zero attached hydrogens (tertiary/aromatic N) is 1. The average molecular weight is 292 g/mol. The van der Waals surface area contributed by atoms with Gasteiger partial charge in [-0.1, -0.05) is 29.8 Å². The number of hydrogen-bond acceptors (Lipinski definition) is 3. The number of halogens is 1. The molecular formula is C14H10ClNO2S. The van der Waals surface area contributed by atoms with Gasteiger partial charge in [-0.3, -0.25) is 0 Å². The van der Waals surface area contributed by atoms with Crippen molar-refractivity contribution in [3.05, 3.63) is 64.7 Å². The second kappa shape index (κ2) is 5.43. The summed E-state index contributed by atoms with van der Waals surface area (Å²) in [5, 5.41) is 9.18. The number of rotatable bonds is 3. The summed E-state index contributed by atoms with van der Waals surface area (Å²) in [5.41, 5.74) is 1.03. The molecule has 0 unspecified atom stereocenters. The minimum atomic E-state index is -3.45. The van der Waals surface area contributed by atoms with E-state index in [1.165, 1.54) is 12.1 Å². The topological polar surface area (TPSA) is 57.9 Å². The summed E-state index contributed by atoms with van der Waals surface area (Å²) in [6.45, 7) is 0. The lowest BCUT2D eigenvalue weighted by atomic mass is 10.2. The van der Waals surface area contributed by atoms with Gasteiger partial charge < -0.3 is 0 Å². The van der Waals surface area contributed by atoms with E-state index in [4.69, 9.17) is 16.9 Å². The summed E-state index contributed by atoms with van der Waals surface area (Å²) >= 11 is 5.79. The van der Waals surface area contributed by atoms with E-state index < -0.39 is 9.84 Å². The maximum atomic E-state index is 12.2. The molecule has 96 valence electrons. The van der Waals surface area contributed by atoms with Gasteiger partial charge in [0.25, 0.3) is 0 Å². The minimum Gasteiger partial charge on any atom is -0.223 e. The summed E-state index contributed by atoms with van der Waals surface area (Å²) in [6.07, 6.45) is 0. The molecule has 5 heteroatoms. The van der Waals surface area contributed by atoms with E-state index in [9.17, 15) is 8.42 Å². The van der Waals surface area contributed by atoms with Crippen molar-refractivity contribution in [2.24, 2.45) is 0 Å². The van der Waals surface area contributed by atoms with Gasteiger partial charge in [0.1, 0.15) is 0 Å². The van der Waals surface area contributed by atoms with E-state index in [2.05, 4.69) is 0 Å². The molecule has 0 amide bonds. The fraction of sp³-hybridized carbons (Fsp3) is 0.0714. The summed E-state index contributed by atoms with van der Waals surface area (Å²) in [5.74, 6) is -0.150. The van der Waals surface area contributed by atoms with Crippen LogP contribution in [-0.2, 0) is 15.6 Å². The lowest BCUT2D eigenvalue weighted by Crippen LogP contribution is -2.05. The van der Waals surface area contributed by atoms with Crippen molar-refractivity contribution in [3.8, 4) is 6.07 Å². The molecule has 0 aromatic heterocycles. The third-order valence-corrected chi connectivity index (χ3v) is 4.49. The highest BCUT2D eigenvalue weighted by Gasteiger charge is 2.15. The first kappa shape index (κ1) is 13.6. The molecule has 2 aromatic rings. The smallest absolute Gasteiger partial charge is 0.182 e. The Morgan fingerprint density at radius 2 is 1.84 bits per heavy atom. The summed E-state index contributed by atoms with van der Waals surface area (Å²) in [4.78, 5) is 0.183. The van der Waals surface area contributed by atoms with Gasteiger partial charge in [-0.2, -0.15) is 5.26 Å². The number of sulfone groups is 1. The Labute approximate surface area is 117 Å². The van der Waals surface area contributed by atoms with Crippen molar-refractivity contribution in [2.75, 3.05) is 0 Å². The highest BCUT2D eigenvalue weighted by molar-refractivity contribution is 7.90. The maximum Gasteiger partial charge on any atom is 0.182 e. The Bertz CT molecular complexity index is 748. The third-order valence-electron chi connectivity index (χ3n) is 2.57. The summed E-state index contributed by atoms with van der Waals surface area (Å²) in [7, 11) is -3.45. The van der Waals surface area contributed by atoms with Crippen LogP contribution in [0.15, 0.2) is 53.4 Å². The summed E-state index contributed by atoms with van der Waals surface area (Å²) in [6, 6.07) is 14.7. The van der Waals surface area contributed by atoms with Crippen LogP contribution in [0.2, 0.25) is 5.02 Å². The first-order valence-electron chi connectivity index (χ1n) is 5.49. The zero-order valence-corrected chi connectivity index (χ0v) is 11.4. The van der Waals surface area contributed by atoms with Crippen LogP contribution in [0.5, 0.6) is 0 Å². The molecule has 3 nitrogen and oxygen atoms in total. The fourth-order valence-electron chi connectivity index (χ4n) is 1.69. The molecule has 0 atom stereocenters. The van der Waals surface area contributed by atoms with E-state index in [-0.39, 0.29) is 10.6 Å². The van der Waals surface area contributed by atoms with E-state index >= 15 is 0 Å². The number of hydrogen-bond donors (Lipinski definition) is 0. The molecule has 0 saturated heterocycles. The van der Waals surface area contributed by atoms with Crippen LogP contribution in [0, 0.1) is 11.3 Å². The normalized spacial score (nSPS) is 10.9. The molecule has 2 rings (SSSR count). The quantitative estimate of drug-likeness (QED) is 0.872. The monoisotopic (exact) mass is 291 g/mol. The van der Waals surface area contributed by atoms with Crippen molar-refractivity contribution >= 4 is 21.4 Å². The van der Waals surface area contributed by atoms with Gasteiger partial charge in [0.15, 0.2) is 9.84 Å². The molecule has 2 aromatic carbocycles. The standard InChI is InChI=1S/C14H10ClNO2S/c15-13-5-2-6-14(8-13)19(17,18)10-12-4-1-3-11(7-12)9-16/h1-8H,10H2. The Morgan fingerprint density at radius 1 is 1.11 bits per heavy atom. The molecule has 0 aliphatic rings. The second-order valence-electron chi connectivity index (χ2n) is 4.03. The molecule has 0 bridgehead atoms. The van der Waals surface area contributed by atoms with Crippen LogP contribution in [0.25, 0.3) is 0 Å². The lowest BCUT2D eigenvalue weighted by Gasteiger charge is -2.05. The van der Waals surface area contributed by atoms with Crippen LogP contribution >= 0.6 is 11.6 Å². The van der Waals surface area contributed by atoms with Gasteiger partial charge in [0.05, 0.1) is 22.3 Å². The Balaban J connectivity index is 2.34. The second-order valence-corrected chi connectivity index (χ2v) is 6.45. The number of nitriles is 1.